The molecule has 1 saturated carbocycles. The molecule has 0 saturated heterocycles. The number of hydrogen-bond acceptors (Lipinski definition) is 2. The molecule has 0 bridgehead atoms. The molecule has 94 valence electrons. The van der Waals surface area contributed by atoms with Crippen molar-refractivity contribution >= 4 is 0 Å². The summed E-state index contributed by atoms with van der Waals surface area (Å²) in [6.07, 6.45) is 3.50. The van der Waals surface area contributed by atoms with Crippen molar-refractivity contribution in [3.63, 3.8) is 0 Å². The molecule has 1 fully saturated rings. The zero-order chi connectivity index (χ0) is 12.3. The Bertz CT molecular complexity index is 340. The first-order chi connectivity index (χ1) is 8.22. The van der Waals surface area contributed by atoms with Gasteiger partial charge in [-0.25, -0.2) is 0 Å². The number of hydrogen-bond donors (Lipinski definition) is 2. The summed E-state index contributed by atoms with van der Waals surface area (Å²) >= 11 is 0. The van der Waals surface area contributed by atoms with Crippen LogP contribution in [0.3, 0.4) is 0 Å². The molecule has 0 aromatic heterocycles. The number of benzene rings is 1. The molecule has 2 rings (SSSR count). The molecule has 0 radical (unpaired) electrons. The molecule has 0 spiro atoms. The molecule has 2 nitrogen and oxygen atoms in total. The van der Waals surface area contributed by atoms with Crippen molar-refractivity contribution in [2.75, 3.05) is 6.54 Å². The van der Waals surface area contributed by atoms with Crippen molar-refractivity contribution in [3.05, 3.63) is 35.4 Å². The number of nitrogens with one attached hydrogen (secondary N) is 1. The van der Waals surface area contributed by atoms with Gasteiger partial charge < -0.3 is 10.4 Å². The molecule has 0 heterocycles. The third-order valence-corrected chi connectivity index (χ3v) is 3.49. The number of rotatable bonds is 6. The van der Waals surface area contributed by atoms with E-state index in [1.165, 1.54) is 24.8 Å². The van der Waals surface area contributed by atoms with E-state index in [9.17, 15) is 5.11 Å². The molecular formula is C15H23NO. The van der Waals surface area contributed by atoms with E-state index in [1.807, 2.05) is 19.1 Å². The Kier molecular flexibility index (Phi) is 4.19. The van der Waals surface area contributed by atoms with Crippen molar-refractivity contribution in [1.82, 2.24) is 5.32 Å². The summed E-state index contributed by atoms with van der Waals surface area (Å²) in [5.74, 6) is 0.818. The fraction of sp³-hybridized carbons (Fsp3) is 0.600. The van der Waals surface area contributed by atoms with Gasteiger partial charge in [0.1, 0.15) is 0 Å². The van der Waals surface area contributed by atoms with E-state index in [2.05, 4.69) is 24.4 Å². The predicted molar refractivity (Wildman–Crippen MR) is 70.8 cm³/mol. The Morgan fingerprint density at radius 1 is 1.24 bits per heavy atom. The molecule has 1 aromatic carbocycles. The second-order valence-electron chi connectivity index (χ2n) is 5.11. The molecule has 2 heteroatoms. The first-order valence-electron chi connectivity index (χ1n) is 6.73. The number of aliphatic hydroxyl groups excluding tert-OH is 1. The molecule has 0 aliphatic heterocycles. The van der Waals surface area contributed by atoms with Gasteiger partial charge in [-0.05, 0) is 49.8 Å². The minimum atomic E-state index is -0.368. The maximum Gasteiger partial charge on any atom is 0.0761 e. The predicted octanol–water partition coefficient (Wildman–Crippen LogP) is 3.19. The van der Waals surface area contributed by atoms with Crippen LogP contribution in [0.2, 0.25) is 0 Å². The van der Waals surface area contributed by atoms with Crippen LogP contribution in [-0.4, -0.2) is 11.7 Å². The highest BCUT2D eigenvalue weighted by molar-refractivity contribution is 5.27. The smallest absolute Gasteiger partial charge is 0.0761 e. The van der Waals surface area contributed by atoms with Crippen LogP contribution < -0.4 is 5.32 Å². The van der Waals surface area contributed by atoms with Gasteiger partial charge in [-0.2, -0.15) is 0 Å². The summed E-state index contributed by atoms with van der Waals surface area (Å²) < 4.78 is 0. The maximum absolute atomic E-state index is 9.50. The van der Waals surface area contributed by atoms with E-state index >= 15 is 0 Å². The van der Waals surface area contributed by atoms with Crippen molar-refractivity contribution in [3.8, 4) is 0 Å². The van der Waals surface area contributed by atoms with Crippen LogP contribution in [0.1, 0.15) is 56.4 Å². The van der Waals surface area contributed by atoms with Crippen LogP contribution in [0.25, 0.3) is 0 Å². The van der Waals surface area contributed by atoms with E-state index < -0.39 is 0 Å². The molecule has 1 aliphatic rings. The minimum absolute atomic E-state index is 0.368. The van der Waals surface area contributed by atoms with Crippen LogP contribution >= 0.6 is 0 Å². The Balaban J connectivity index is 2.07. The Morgan fingerprint density at radius 2 is 1.82 bits per heavy atom. The molecule has 1 aromatic rings. The summed E-state index contributed by atoms with van der Waals surface area (Å²) in [6, 6.07) is 8.92. The van der Waals surface area contributed by atoms with E-state index in [-0.39, 0.29) is 6.10 Å². The highest BCUT2D eigenvalue weighted by Gasteiger charge is 2.31. The third-order valence-electron chi connectivity index (χ3n) is 3.49. The largest absolute Gasteiger partial charge is 0.389 e. The maximum atomic E-state index is 9.50. The molecule has 0 amide bonds. The molecule has 2 atom stereocenters. The van der Waals surface area contributed by atoms with Gasteiger partial charge in [0.05, 0.1) is 6.10 Å². The van der Waals surface area contributed by atoms with Gasteiger partial charge in [0.25, 0.3) is 0 Å². The highest BCUT2D eigenvalue weighted by Crippen LogP contribution is 2.41. The fourth-order valence-corrected chi connectivity index (χ4v) is 2.27. The van der Waals surface area contributed by atoms with E-state index in [4.69, 9.17) is 0 Å². The molecule has 1 aliphatic carbocycles. The summed E-state index contributed by atoms with van der Waals surface area (Å²) in [6.45, 7) is 5.09. The summed E-state index contributed by atoms with van der Waals surface area (Å²) in [5, 5.41) is 13.1. The van der Waals surface area contributed by atoms with Crippen molar-refractivity contribution in [2.24, 2.45) is 5.92 Å². The van der Waals surface area contributed by atoms with E-state index in [1.54, 1.807) is 0 Å². The molecule has 17 heavy (non-hydrogen) atoms. The summed E-state index contributed by atoms with van der Waals surface area (Å²) in [5.41, 5.74) is 2.36. The van der Waals surface area contributed by atoms with Gasteiger partial charge in [-0.15, -0.1) is 0 Å². The summed E-state index contributed by atoms with van der Waals surface area (Å²) in [4.78, 5) is 0. The lowest BCUT2D eigenvalue weighted by molar-refractivity contribution is 0.199. The number of aliphatic hydroxyl groups is 1. The first kappa shape index (κ1) is 12.6. The zero-order valence-corrected chi connectivity index (χ0v) is 10.8. The van der Waals surface area contributed by atoms with E-state index in [0.29, 0.717) is 6.04 Å². The van der Waals surface area contributed by atoms with Gasteiger partial charge in [0.15, 0.2) is 0 Å². The average Bonchev–Trinajstić information content (AvgIpc) is 3.14. The second-order valence-corrected chi connectivity index (χ2v) is 5.11. The first-order valence-corrected chi connectivity index (χ1v) is 6.73. The highest BCUT2D eigenvalue weighted by atomic mass is 16.3. The summed E-state index contributed by atoms with van der Waals surface area (Å²) in [7, 11) is 0. The van der Waals surface area contributed by atoms with Gasteiger partial charge in [0, 0.05) is 6.04 Å². The van der Waals surface area contributed by atoms with Crippen LogP contribution in [0.5, 0.6) is 0 Å². The van der Waals surface area contributed by atoms with Crippen LogP contribution in [0.15, 0.2) is 24.3 Å². The van der Waals surface area contributed by atoms with Crippen molar-refractivity contribution in [2.45, 2.75) is 45.3 Å². The van der Waals surface area contributed by atoms with Gasteiger partial charge in [-0.1, -0.05) is 31.2 Å². The molecular weight excluding hydrogens is 210 g/mol. The standard InChI is InChI=1S/C15H23NO/c1-3-10-16-15(14-8-9-14)13-6-4-12(5-7-13)11(2)17/h4-7,11,14-17H,3,8-10H2,1-2H3. The van der Waals surface area contributed by atoms with Crippen molar-refractivity contribution in [1.29, 1.82) is 0 Å². The Hall–Kier alpha value is -0.860. The monoisotopic (exact) mass is 233 g/mol. The SMILES string of the molecule is CCCNC(c1ccc(C(C)O)cc1)C1CC1. The lowest BCUT2D eigenvalue weighted by atomic mass is 9.99. The average molecular weight is 233 g/mol. The Labute approximate surface area is 104 Å². The van der Waals surface area contributed by atoms with Gasteiger partial charge in [0.2, 0.25) is 0 Å². The van der Waals surface area contributed by atoms with Gasteiger partial charge in [-0.3, -0.25) is 0 Å². The minimum Gasteiger partial charge on any atom is -0.389 e. The van der Waals surface area contributed by atoms with E-state index in [0.717, 1.165) is 18.0 Å². The third kappa shape index (κ3) is 3.30. The molecule has 2 unspecified atom stereocenters. The lowest BCUT2D eigenvalue weighted by Gasteiger charge is -2.19. The van der Waals surface area contributed by atoms with Crippen molar-refractivity contribution < 1.29 is 5.11 Å². The topological polar surface area (TPSA) is 32.3 Å². The zero-order valence-electron chi connectivity index (χ0n) is 10.8. The normalized spacial score (nSPS) is 19.0. The quantitative estimate of drug-likeness (QED) is 0.791. The van der Waals surface area contributed by atoms with Crippen LogP contribution in [-0.2, 0) is 0 Å². The van der Waals surface area contributed by atoms with Gasteiger partial charge >= 0.3 is 0 Å². The molecule has 2 N–H and O–H groups in total. The Morgan fingerprint density at radius 3 is 2.29 bits per heavy atom. The second kappa shape index (κ2) is 5.65. The van der Waals surface area contributed by atoms with Crippen LogP contribution in [0.4, 0.5) is 0 Å². The fourth-order valence-electron chi connectivity index (χ4n) is 2.27. The van der Waals surface area contributed by atoms with Crippen LogP contribution in [0, 0.1) is 5.92 Å². The lowest BCUT2D eigenvalue weighted by Crippen LogP contribution is -2.23.